The minimum atomic E-state index is -4.76. The minimum Gasteiger partial charge on any atom is -0.494 e. The maximum Gasteiger partial charge on any atom is 0.472 e. The summed E-state index contributed by atoms with van der Waals surface area (Å²) >= 11 is 0. The number of ether oxygens (including phenoxy) is 5. The number of sulfone groups is 1. The van der Waals surface area contributed by atoms with E-state index in [-0.39, 0.29) is 93.9 Å². The smallest absolute Gasteiger partial charge is 0.472 e. The minimum absolute atomic E-state index is 0.00370. The van der Waals surface area contributed by atoms with Crippen LogP contribution in [0, 0.1) is 13.8 Å². The first kappa shape index (κ1) is 93.7. The molecule has 612 valence electrons. The quantitative estimate of drug-likeness (QED) is 0.00650. The summed E-state index contributed by atoms with van der Waals surface area (Å²) in [5.74, 6) is -2.05. The number of carbonyl (C=O) groups is 6. The molecule has 27 nitrogen and oxygen atoms in total. The van der Waals surface area contributed by atoms with E-state index in [1.807, 2.05) is 6.07 Å². The standard InChI is InChI=1S/C79H131N8O19PS/c1-6-8-10-12-14-16-18-20-22-24-26-28-30-32-34-44-69(90)103-58-66(106-70(91)45-35-33-31-29-27-25-23-21-19-17-15-13-11-9-7-2)59-105-107(96,97)104-55-52-84-79(95)102-54-51-82-72-71(73(92)74(72)93)81-50-49-80-67(88)43-39-53-101-65-56-61(3)75(62(4)57-65)108(98,99)60-85-77(78(94)100-5)87-68(89)42-37-36-41-64-47-46-63-40-38-48-83-76(63)86-64/h46-47,56-57,66,77,81-82,85H,6-45,48-55,58-60H2,1-5H3,(H,80,88)(H,83,86)(H,84,95)(H,87,89)(H,96,97). The summed E-state index contributed by atoms with van der Waals surface area (Å²) in [7, 11) is -7.68. The number of carbonyl (C=O) groups excluding carboxylic acids is 6. The number of phosphoric ester groups is 1. The van der Waals surface area contributed by atoms with Gasteiger partial charge in [0, 0.05) is 64.1 Å². The lowest BCUT2D eigenvalue weighted by Gasteiger charge is -2.20. The van der Waals surface area contributed by atoms with Crippen LogP contribution in [0.4, 0.5) is 22.0 Å². The Morgan fingerprint density at radius 2 is 1.11 bits per heavy atom. The lowest BCUT2D eigenvalue weighted by atomic mass is 10.0. The Morgan fingerprint density at radius 1 is 0.583 bits per heavy atom. The number of nitrogens with one attached hydrogen (secondary N) is 7. The summed E-state index contributed by atoms with van der Waals surface area (Å²) in [5.41, 5.74) is 1.28. The summed E-state index contributed by atoms with van der Waals surface area (Å²) in [4.78, 5) is 116. The molecule has 0 saturated heterocycles. The first-order valence-electron chi connectivity index (χ1n) is 40.4. The third-order valence-corrected chi connectivity index (χ3v) is 21.7. The highest BCUT2D eigenvalue weighted by Gasteiger charge is 2.29. The molecule has 2 aromatic carbocycles. The molecule has 1 aromatic heterocycles. The van der Waals surface area contributed by atoms with Crippen LogP contribution < -0.4 is 52.8 Å². The topological polar surface area (TPSA) is 370 Å². The Morgan fingerprint density at radius 3 is 1.68 bits per heavy atom. The van der Waals surface area contributed by atoms with Crippen LogP contribution in [0.3, 0.4) is 0 Å². The fourth-order valence-electron chi connectivity index (χ4n) is 12.8. The van der Waals surface area contributed by atoms with Crippen molar-refractivity contribution in [2.45, 2.75) is 302 Å². The van der Waals surface area contributed by atoms with Gasteiger partial charge in [0.25, 0.3) is 10.9 Å². The number of benzene rings is 1. The number of aromatic nitrogens is 1. The van der Waals surface area contributed by atoms with Crippen LogP contribution in [0.15, 0.2) is 38.8 Å². The van der Waals surface area contributed by atoms with E-state index in [1.165, 1.54) is 140 Å². The number of alkyl carbamates (subject to hydrolysis) is 1. The van der Waals surface area contributed by atoms with Crippen LogP contribution >= 0.6 is 7.82 Å². The Kier molecular flexibility index (Phi) is 49.0. The molecule has 8 N–H and O–H groups in total. The summed E-state index contributed by atoms with van der Waals surface area (Å²) in [6.45, 7) is 6.81. The lowest BCUT2D eigenvalue weighted by molar-refractivity contribution is -0.161. The van der Waals surface area contributed by atoms with Crippen molar-refractivity contribution >= 4 is 70.7 Å². The van der Waals surface area contributed by atoms with Gasteiger partial charge in [0.15, 0.2) is 22.1 Å². The van der Waals surface area contributed by atoms with Crippen molar-refractivity contribution in [1.82, 2.24) is 26.3 Å². The van der Waals surface area contributed by atoms with Gasteiger partial charge >= 0.3 is 31.8 Å². The van der Waals surface area contributed by atoms with Crippen LogP contribution in [0.5, 0.6) is 5.75 Å². The first-order valence-corrected chi connectivity index (χ1v) is 43.6. The van der Waals surface area contributed by atoms with Gasteiger partial charge < -0.3 is 60.5 Å². The fourth-order valence-corrected chi connectivity index (χ4v) is 15.2. The number of aryl methyl sites for hydroxylation is 4. The number of unbranched alkanes of at least 4 members (excludes halogenated alkanes) is 29. The van der Waals surface area contributed by atoms with Gasteiger partial charge in [0.2, 0.25) is 11.8 Å². The van der Waals surface area contributed by atoms with E-state index < -0.39 is 89.8 Å². The molecule has 4 rings (SSSR count). The maximum atomic E-state index is 13.6. The predicted molar refractivity (Wildman–Crippen MR) is 421 cm³/mol. The predicted octanol–water partition coefficient (Wildman–Crippen LogP) is 13.6. The molecule has 0 radical (unpaired) electrons. The SMILES string of the molecule is CCCCCCCCCCCCCCCCCC(=O)OCC(COP(=O)(O)OCCNC(=O)OCCNc1c(NCCNC(=O)CCCOc2cc(C)c(S(=O)(=O)CNC(NC(=O)CCCCc3ccc4c(n3)NCCC4)C(=O)OC)c(C)c2)c(=O)c1=O)OC(=O)CCCCCCCCCCCCCCCCC. The van der Waals surface area contributed by atoms with Crippen LogP contribution in [0.25, 0.3) is 0 Å². The number of anilines is 3. The third kappa shape index (κ3) is 41.4. The Balaban J connectivity index is 1.08. The van der Waals surface area contributed by atoms with Gasteiger partial charge in [-0.15, -0.1) is 0 Å². The van der Waals surface area contributed by atoms with Gasteiger partial charge in [-0.3, -0.25) is 43.1 Å². The molecule has 0 fully saturated rings. The molecule has 29 heteroatoms. The molecule has 0 bridgehead atoms. The molecule has 3 aromatic rings. The number of hydrogen-bond donors (Lipinski definition) is 8. The lowest BCUT2D eigenvalue weighted by Crippen LogP contribution is -2.52. The van der Waals surface area contributed by atoms with E-state index in [0.29, 0.717) is 55.4 Å². The highest BCUT2D eigenvalue weighted by atomic mass is 32.2. The van der Waals surface area contributed by atoms with Gasteiger partial charge in [0.1, 0.15) is 42.0 Å². The Bertz CT molecular complexity index is 3310. The van der Waals surface area contributed by atoms with Crippen molar-refractivity contribution in [2.24, 2.45) is 0 Å². The van der Waals surface area contributed by atoms with Crippen molar-refractivity contribution in [3.63, 3.8) is 0 Å². The van der Waals surface area contributed by atoms with E-state index >= 15 is 0 Å². The molecule has 0 spiro atoms. The molecule has 3 atom stereocenters. The van der Waals surface area contributed by atoms with Crippen LogP contribution in [-0.4, -0.2) is 145 Å². The molecule has 1 aliphatic rings. The van der Waals surface area contributed by atoms with Crippen molar-refractivity contribution in [2.75, 3.05) is 94.7 Å². The van der Waals surface area contributed by atoms with Gasteiger partial charge in [-0.2, -0.15) is 0 Å². The summed E-state index contributed by atoms with van der Waals surface area (Å²) in [6.07, 6.45) is 36.8. The second kappa shape index (κ2) is 56.5. The van der Waals surface area contributed by atoms with Gasteiger partial charge in [0.05, 0.1) is 31.8 Å². The number of phosphoric acid groups is 1. The van der Waals surface area contributed by atoms with Crippen LogP contribution in [-0.2, 0) is 79.2 Å². The van der Waals surface area contributed by atoms with Gasteiger partial charge in [-0.25, -0.2) is 27.6 Å². The number of pyridine rings is 1. The van der Waals surface area contributed by atoms with Crippen molar-refractivity contribution in [3.05, 3.63) is 67.1 Å². The zero-order chi connectivity index (χ0) is 78.5. The summed E-state index contributed by atoms with van der Waals surface area (Å²) < 4.78 is 77.3. The fraction of sp³-hybridized carbons (Fsp3) is 0.734. The monoisotopic (exact) mass is 1560 g/mol. The average molecular weight is 1560 g/mol. The molecule has 2 heterocycles. The number of rotatable bonds is 66. The second-order valence-corrected chi connectivity index (χ2v) is 31.7. The van der Waals surface area contributed by atoms with E-state index in [2.05, 4.69) is 62.1 Å². The summed E-state index contributed by atoms with van der Waals surface area (Å²) in [5, 5.41) is 19.2. The Labute approximate surface area is 642 Å². The second-order valence-electron chi connectivity index (χ2n) is 28.3. The molecular formula is C79H131N8O19PS. The molecule has 0 saturated carbocycles. The van der Waals surface area contributed by atoms with Crippen molar-refractivity contribution in [3.8, 4) is 5.75 Å². The summed E-state index contributed by atoms with van der Waals surface area (Å²) in [6, 6.07) is 7.18. The molecule has 1 aliphatic heterocycles. The third-order valence-electron chi connectivity index (χ3n) is 18.9. The van der Waals surface area contributed by atoms with Gasteiger partial charge in [-0.05, 0) is 100 Å². The van der Waals surface area contributed by atoms with Crippen molar-refractivity contribution in [1.29, 1.82) is 0 Å². The van der Waals surface area contributed by atoms with Crippen LogP contribution in [0.1, 0.15) is 280 Å². The number of hydrogen-bond acceptors (Lipinski definition) is 23. The highest BCUT2D eigenvalue weighted by molar-refractivity contribution is 7.91. The first-order chi connectivity index (χ1) is 52.2. The molecular weight excluding hydrogens is 1430 g/mol. The highest BCUT2D eigenvalue weighted by Crippen LogP contribution is 2.43. The van der Waals surface area contributed by atoms with E-state index in [1.54, 1.807) is 26.0 Å². The number of esters is 3. The molecule has 0 aliphatic carbocycles. The number of methoxy groups -OCH3 is 1. The normalized spacial score (nSPS) is 13.1. The number of fused-ring (bicyclic) bond motifs is 1. The maximum absolute atomic E-state index is 13.6. The zero-order valence-corrected chi connectivity index (χ0v) is 67.3. The number of nitrogens with zero attached hydrogens (tertiary/aromatic N) is 1. The van der Waals surface area contributed by atoms with Gasteiger partial charge in [-0.1, -0.05) is 200 Å². The average Bonchev–Trinajstić information content (AvgIpc) is 0.793. The van der Waals surface area contributed by atoms with E-state index in [4.69, 9.17) is 32.7 Å². The van der Waals surface area contributed by atoms with Crippen molar-refractivity contribution < 1.29 is 79.4 Å². The number of amides is 3. The molecule has 108 heavy (non-hydrogen) atoms. The van der Waals surface area contributed by atoms with Crippen LogP contribution in [0.2, 0.25) is 0 Å². The Hall–Kier alpha value is -6.71. The van der Waals surface area contributed by atoms with E-state index in [9.17, 15) is 56.2 Å². The zero-order valence-electron chi connectivity index (χ0n) is 65.6. The molecule has 3 amide bonds. The largest absolute Gasteiger partial charge is 0.494 e. The molecule has 3 unspecified atom stereocenters. The van der Waals surface area contributed by atoms with E-state index in [0.717, 1.165) is 83.0 Å².